The fourth-order valence-electron chi connectivity index (χ4n) is 6.62. The molecule has 196 valence electrons. The normalized spacial score (nSPS) is 12.3. The van der Waals surface area contributed by atoms with Gasteiger partial charge in [-0.15, -0.1) is 22.7 Å². The highest BCUT2D eigenvalue weighted by Gasteiger charge is 2.32. The van der Waals surface area contributed by atoms with Crippen LogP contribution in [-0.4, -0.2) is 0 Å². The van der Waals surface area contributed by atoms with Gasteiger partial charge in [-0.25, -0.2) is 0 Å². The van der Waals surface area contributed by atoms with Gasteiger partial charge < -0.3 is 0 Å². The van der Waals surface area contributed by atoms with E-state index < -0.39 is 0 Å². The second kappa shape index (κ2) is 9.58. The van der Waals surface area contributed by atoms with Crippen LogP contribution >= 0.6 is 22.7 Å². The third-order valence-electron chi connectivity index (χ3n) is 8.81. The Hall–Kier alpha value is -3.46. The Kier molecular flexibility index (Phi) is 5.83. The summed E-state index contributed by atoms with van der Waals surface area (Å²) in [6.07, 6.45) is 7.37. The van der Waals surface area contributed by atoms with Gasteiger partial charge in [0.1, 0.15) is 0 Å². The van der Waals surface area contributed by atoms with E-state index in [0.29, 0.717) is 0 Å². The van der Waals surface area contributed by atoms with Crippen molar-refractivity contribution in [1.82, 2.24) is 0 Å². The Balaban J connectivity index is 1.15. The molecule has 0 amide bonds. The minimum atomic E-state index is 1.18. The van der Waals surface area contributed by atoms with Crippen LogP contribution in [0.5, 0.6) is 0 Å². The lowest BCUT2D eigenvalue weighted by Gasteiger charge is -2.08. The lowest BCUT2D eigenvalue weighted by molar-refractivity contribution is 0.795. The van der Waals surface area contributed by atoms with E-state index in [9.17, 15) is 0 Å². The van der Waals surface area contributed by atoms with Crippen LogP contribution in [0.1, 0.15) is 50.7 Å². The summed E-state index contributed by atoms with van der Waals surface area (Å²) in [7, 11) is 0. The van der Waals surface area contributed by atoms with Gasteiger partial charge in [-0.1, -0.05) is 99.5 Å². The van der Waals surface area contributed by atoms with Crippen molar-refractivity contribution >= 4 is 33.4 Å². The Morgan fingerprint density at radius 2 is 0.850 bits per heavy atom. The maximum atomic E-state index is 2.44. The minimum absolute atomic E-state index is 1.18. The lowest BCUT2D eigenvalue weighted by Crippen LogP contribution is -1.84. The van der Waals surface area contributed by atoms with Crippen LogP contribution in [0.15, 0.2) is 84.9 Å². The van der Waals surface area contributed by atoms with Gasteiger partial charge in [0.2, 0.25) is 0 Å². The van der Waals surface area contributed by atoms with Crippen LogP contribution in [0.2, 0.25) is 0 Å². The molecule has 0 unspecified atom stereocenters. The maximum absolute atomic E-state index is 2.44. The monoisotopic (exact) mass is 552 g/mol. The van der Waals surface area contributed by atoms with Crippen molar-refractivity contribution in [3.8, 4) is 64.0 Å². The molecule has 4 aromatic carbocycles. The second-order valence-electron chi connectivity index (χ2n) is 11.4. The first kappa shape index (κ1) is 24.3. The van der Waals surface area contributed by atoms with E-state index in [4.69, 9.17) is 0 Å². The largest absolute Gasteiger partial charge is 0.135 e. The molecule has 0 spiro atoms. The summed E-state index contributed by atoms with van der Waals surface area (Å²) in [5.74, 6) is 0. The van der Waals surface area contributed by atoms with E-state index in [-0.39, 0.29) is 0 Å². The Bertz CT molecular complexity index is 1670. The van der Waals surface area contributed by atoms with Crippen molar-refractivity contribution in [1.29, 1.82) is 0 Å². The Morgan fingerprint density at radius 1 is 0.450 bits per heavy atom. The maximum Gasteiger partial charge on any atom is 0.0434 e. The summed E-state index contributed by atoms with van der Waals surface area (Å²) in [5.41, 5.74) is 14.0. The lowest BCUT2D eigenvalue weighted by atomic mass is 9.97. The van der Waals surface area contributed by atoms with E-state index in [1.807, 2.05) is 22.7 Å². The van der Waals surface area contributed by atoms with Crippen LogP contribution in [0, 0.1) is 0 Å². The number of benzene rings is 4. The summed E-state index contributed by atoms with van der Waals surface area (Å²) in [6.45, 7) is 4.52. The first-order valence-electron chi connectivity index (χ1n) is 14.8. The molecule has 0 fully saturated rings. The van der Waals surface area contributed by atoms with E-state index in [1.165, 1.54) is 124 Å². The molecule has 40 heavy (non-hydrogen) atoms. The molecule has 0 atom stereocenters. The molecule has 0 radical (unpaired) electrons. The van der Waals surface area contributed by atoms with Gasteiger partial charge in [-0.3, -0.25) is 0 Å². The predicted molar refractivity (Wildman–Crippen MR) is 177 cm³/mol. The van der Waals surface area contributed by atoms with Crippen molar-refractivity contribution in [2.24, 2.45) is 0 Å². The summed E-state index contributed by atoms with van der Waals surface area (Å²) < 4.78 is 0. The van der Waals surface area contributed by atoms with Crippen molar-refractivity contribution in [3.05, 3.63) is 96.1 Å². The Labute approximate surface area is 245 Å². The van der Waals surface area contributed by atoms with Crippen molar-refractivity contribution in [2.75, 3.05) is 0 Å². The number of hydrogen-bond acceptors (Lipinski definition) is 2. The molecule has 2 aliphatic rings. The third-order valence-corrected chi connectivity index (χ3v) is 11.2. The highest BCUT2D eigenvalue weighted by atomic mass is 32.1. The van der Waals surface area contributed by atoms with Crippen LogP contribution < -0.4 is 0 Å². The van der Waals surface area contributed by atoms with E-state index in [1.54, 1.807) is 0 Å². The first-order chi connectivity index (χ1) is 19.7. The molecule has 0 bridgehead atoms. The second-order valence-corrected chi connectivity index (χ2v) is 13.5. The number of rotatable bonds is 8. The van der Waals surface area contributed by atoms with Gasteiger partial charge in [0.25, 0.3) is 0 Å². The van der Waals surface area contributed by atoms with Crippen LogP contribution in [-0.2, 0) is 12.8 Å². The Morgan fingerprint density at radius 3 is 1.25 bits per heavy atom. The van der Waals surface area contributed by atoms with Gasteiger partial charge >= 0.3 is 0 Å². The molecule has 2 heterocycles. The van der Waals surface area contributed by atoms with Gasteiger partial charge in [-0.2, -0.15) is 0 Å². The zero-order valence-electron chi connectivity index (χ0n) is 23.1. The number of hydrogen-bond donors (Lipinski definition) is 0. The molecule has 0 aliphatic heterocycles. The molecule has 2 aromatic heterocycles. The fourth-order valence-corrected chi connectivity index (χ4v) is 9.04. The number of thiophene rings is 2. The average Bonchev–Trinajstić information content (AvgIpc) is 3.75. The van der Waals surface area contributed by atoms with E-state index in [2.05, 4.69) is 98.8 Å². The smallest absolute Gasteiger partial charge is 0.0434 e. The highest BCUT2D eigenvalue weighted by Crippen LogP contribution is 2.60. The first-order valence-corrected chi connectivity index (χ1v) is 16.4. The molecule has 0 nitrogen and oxygen atoms in total. The number of aryl methyl sites for hydroxylation is 2. The summed E-state index contributed by atoms with van der Waals surface area (Å²) in [5, 5.41) is 2.92. The molecule has 0 N–H and O–H groups in total. The molecule has 2 heteroatoms. The molecule has 2 aliphatic carbocycles. The zero-order valence-corrected chi connectivity index (χ0v) is 24.8. The highest BCUT2D eigenvalue weighted by molar-refractivity contribution is 7.20. The standard InChI is InChI=1S/C38H32S2/c1-3-5-7-23-9-13-25(14-10-23)33-21-31-27-17-18-28-32-22-34(26-15-11-24(12-16-26)8-6-4-2)40-38(32)30-20-19-29(37(31)39-33)35(27)36(28)30/h9-22H,3-8H2,1-2H3. The topological polar surface area (TPSA) is 0 Å². The van der Waals surface area contributed by atoms with Gasteiger partial charge in [0, 0.05) is 41.8 Å². The van der Waals surface area contributed by atoms with Gasteiger partial charge in [0.05, 0.1) is 0 Å². The molecule has 0 saturated heterocycles. The van der Waals surface area contributed by atoms with Gasteiger partial charge in [-0.05, 0) is 82.0 Å². The number of fused-ring (bicyclic) bond motifs is 6. The van der Waals surface area contributed by atoms with Crippen LogP contribution in [0.25, 0.3) is 74.8 Å². The number of unbranched alkanes of at least 4 members (excludes halogenated alkanes) is 2. The molecular formula is C38H32S2. The quantitative estimate of drug-likeness (QED) is 0.176. The molecule has 6 aromatic rings. The van der Waals surface area contributed by atoms with Crippen molar-refractivity contribution < 1.29 is 0 Å². The molecule has 8 rings (SSSR count). The van der Waals surface area contributed by atoms with Gasteiger partial charge in [0.15, 0.2) is 0 Å². The third kappa shape index (κ3) is 3.70. The van der Waals surface area contributed by atoms with E-state index >= 15 is 0 Å². The van der Waals surface area contributed by atoms with Crippen molar-refractivity contribution in [3.63, 3.8) is 0 Å². The van der Waals surface area contributed by atoms with Crippen molar-refractivity contribution in [2.45, 2.75) is 52.4 Å². The zero-order chi connectivity index (χ0) is 26.8. The van der Waals surface area contributed by atoms with Crippen LogP contribution in [0.3, 0.4) is 0 Å². The fraction of sp³-hybridized carbons (Fsp3) is 0.211. The summed E-state index contributed by atoms with van der Waals surface area (Å²) >= 11 is 3.91. The SMILES string of the molecule is CCCCc1ccc(-c2cc3c(s2)-c2ccc4c5c(ccc-3c25)-c2cc(-c3ccc(CCCC)cc3)sc2-4)cc1. The molecule has 0 saturated carbocycles. The predicted octanol–water partition coefficient (Wildman–Crippen LogP) is 12.3. The van der Waals surface area contributed by atoms with Crippen LogP contribution in [0.4, 0.5) is 0 Å². The average molecular weight is 553 g/mol. The minimum Gasteiger partial charge on any atom is -0.135 e. The van der Waals surface area contributed by atoms with E-state index in [0.717, 1.165) is 0 Å². The summed E-state index contributed by atoms with van der Waals surface area (Å²) in [4.78, 5) is 5.61. The summed E-state index contributed by atoms with van der Waals surface area (Å²) in [6, 6.07) is 33.0. The molecular weight excluding hydrogens is 521 g/mol.